The van der Waals surface area contributed by atoms with E-state index in [2.05, 4.69) is 54.8 Å². The van der Waals surface area contributed by atoms with Gasteiger partial charge >= 0.3 is 0 Å². The molecule has 2 aromatic heterocycles. The van der Waals surface area contributed by atoms with Crippen LogP contribution in [0.3, 0.4) is 0 Å². The third-order valence-corrected chi connectivity index (χ3v) is 14.7. The number of ether oxygens (including phenoxy) is 2. The fraction of sp³-hybridized carbons (Fsp3) is 0.421. The number of carbonyl (C=O) groups excluding carboxylic acids is 2. The Kier molecular flexibility index (Phi) is 18.7. The van der Waals surface area contributed by atoms with Crippen LogP contribution in [0.5, 0.6) is 0 Å². The van der Waals surface area contributed by atoms with Crippen LogP contribution >= 0.6 is 0 Å². The smallest absolute Gasteiger partial charge is 0.217 e. The summed E-state index contributed by atoms with van der Waals surface area (Å²) in [6.07, 6.45) is 10.9. The Hall–Kier alpha value is -6.81. The molecule has 4 aromatic carbocycles. The molecule has 1 saturated heterocycles. The summed E-state index contributed by atoms with van der Waals surface area (Å²) in [6, 6.07) is 24.8. The number of carbonyl (C=O) groups is 2. The molecule has 16 nitrogen and oxygen atoms in total. The second kappa shape index (κ2) is 25.6. The molecular weight excluding hydrogens is 999 g/mol. The largest absolute Gasteiger partial charge is 0.399 e. The molecular formula is C57H67F4N9O7. The molecule has 2 aliphatic carbocycles. The first-order valence-corrected chi connectivity index (χ1v) is 25.9. The SMILES string of the molecule is CC(=O)N[C@@H](Cc1cc(F)cc(F)c1)[C@H](O)CNC1(c2cccc(-n3cccn3)c2)CCC2(CC1)OCCO2.CON=C1CCC(NC[C@@H](O)[C@H](Cc2cc(F)cc(F)c2)NC(C)=O)(c2cccc(-n3cccn3)c2)CC1. The number of benzene rings is 4. The number of hydrogen-bond acceptors (Lipinski definition) is 12. The average molecular weight is 1070 g/mol. The number of rotatable bonds is 19. The van der Waals surface area contributed by atoms with E-state index in [1.54, 1.807) is 21.8 Å². The van der Waals surface area contributed by atoms with Gasteiger partial charge in [0.15, 0.2) is 5.79 Å². The van der Waals surface area contributed by atoms with Crippen LogP contribution in [0.1, 0.15) is 87.5 Å². The van der Waals surface area contributed by atoms with E-state index in [0.717, 1.165) is 40.3 Å². The van der Waals surface area contributed by atoms with E-state index in [0.29, 0.717) is 75.7 Å². The Labute approximate surface area is 445 Å². The predicted octanol–water partition coefficient (Wildman–Crippen LogP) is 6.98. The van der Waals surface area contributed by atoms with Gasteiger partial charge in [0.25, 0.3) is 0 Å². The van der Waals surface area contributed by atoms with Crippen molar-refractivity contribution < 1.29 is 51.7 Å². The lowest BCUT2D eigenvalue weighted by Crippen LogP contribution is -2.55. The normalized spacial score (nSPS) is 19.3. The molecule has 77 heavy (non-hydrogen) atoms. The van der Waals surface area contributed by atoms with Gasteiger partial charge in [-0.2, -0.15) is 10.2 Å². The lowest BCUT2D eigenvalue weighted by Gasteiger charge is -2.45. The molecule has 1 aliphatic heterocycles. The average Bonchev–Trinajstić information content (AvgIpc) is 4.25. The van der Waals surface area contributed by atoms with Crippen LogP contribution in [0, 0.1) is 23.3 Å². The van der Waals surface area contributed by atoms with Crippen molar-refractivity contribution in [2.24, 2.45) is 5.16 Å². The summed E-state index contributed by atoms with van der Waals surface area (Å²) in [4.78, 5) is 28.8. The van der Waals surface area contributed by atoms with E-state index in [9.17, 15) is 37.4 Å². The molecule has 2 saturated carbocycles. The molecule has 3 heterocycles. The summed E-state index contributed by atoms with van der Waals surface area (Å²) < 4.78 is 70.6. The van der Waals surface area contributed by atoms with Gasteiger partial charge in [-0.15, -0.1) is 0 Å². The molecule has 3 fully saturated rings. The van der Waals surface area contributed by atoms with Crippen molar-refractivity contribution in [1.82, 2.24) is 40.8 Å². The van der Waals surface area contributed by atoms with Gasteiger partial charge < -0.3 is 45.8 Å². The van der Waals surface area contributed by atoms with E-state index in [4.69, 9.17) is 14.3 Å². The van der Waals surface area contributed by atoms with Crippen LogP contribution < -0.4 is 21.3 Å². The molecule has 4 atom stereocenters. The van der Waals surface area contributed by atoms with E-state index >= 15 is 0 Å². The van der Waals surface area contributed by atoms with Crippen molar-refractivity contribution in [2.75, 3.05) is 33.4 Å². The Balaban J connectivity index is 0.000000204. The highest BCUT2D eigenvalue weighted by molar-refractivity contribution is 5.85. The van der Waals surface area contributed by atoms with Crippen molar-refractivity contribution in [1.29, 1.82) is 0 Å². The summed E-state index contributed by atoms with van der Waals surface area (Å²) in [6.45, 7) is 4.14. The maximum atomic E-state index is 13.8. The standard InChI is InChI=1S/C29H34F2N4O4.C28H33F2N5O3/c1-20(36)34-26(16-21-14-23(30)18-24(31)15-21)27(37)19-32-28(6-8-29(9-7-28)38-12-13-39-29)22-4-2-5-25(17-22)35-11-3-10-33-35;1-19(36)33-26(15-20-13-22(29)17-23(30)14-20)27(37)18-31-28(9-7-24(8-10-28)34-38-2)21-5-3-6-25(16-21)35-12-4-11-32-35/h2-5,10-11,14-15,17-18,26-27,32,37H,6-9,12-13,16,19H2,1H3,(H,34,36);3-6,11-14,16-17,26-27,31,37H,7-10,15,18H2,1-2H3,(H,33,36)/t26-,27+;26-,27+,28?/m00/s1. The number of nitrogens with one attached hydrogen (secondary N) is 4. The summed E-state index contributed by atoms with van der Waals surface area (Å²) in [5.41, 5.74) is 4.59. The Morgan fingerprint density at radius 3 is 1.45 bits per heavy atom. The van der Waals surface area contributed by atoms with Gasteiger partial charge in [-0.1, -0.05) is 29.4 Å². The Morgan fingerprint density at radius 1 is 0.636 bits per heavy atom. The molecule has 3 aliphatic rings. The van der Waals surface area contributed by atoms with Gasteiger partial charge in [0, 0.05) is 87.8 Å². The molecule has 1 spiro atoms. The van der Waals surface area contributed by atoms with E-state index < -0.39 is 64.4 Å². The summed E-state index contributed by atoms with van der Waals surface area (Å²) in [5.74, 6) is -4.09. The van der Waals surface area contributed by atoms with Crippen molar-refractivity contribution in [3.63, 3.8) is 0 Å². The van der Waals surface area contributed by atoms with Gasteiger partial charge in [-0.25, -0.2) is 26.9 Å². The zero-order valence-corrected chi connectivity index (χ0v) is 43.4. The topological polar surface area (TPSA) is 198 Å². The van der Waals surface area contributed by atoms with Crippen molar-refractivity contribution >= 4 is 17.5 Å². The quantitative estimate of drug-likeness (QED) is 0.0362. The number of amides is 2. The van der Waals surface area contributed by atoms with Gasteiger partial charge in [0.2, 0.25) is 11.8 Å². The van der Waals surface area contributed by atoms with Crippen LogP contribution in [0.15, 0.2) is 127 Å². The number of oxime groups is 1. The third kappa shape index (κ3) is 14.8. The van der Waals surface area contributed by atoms with E-state index in [1.807, 2.05) is 54.9 Å². The van der Waals surface area contributed by atoms with Gasteiger partial charge in [-0.05, 0) is 134 Å². The first-order chi connectivity index (χ1) is 37.0. The Bertz CT molecular complexity index is 2880. The second-order valence-corrected chi connectivity index (χ2v) is 20.1. The van der Waals surface area contributed by atoms with E-state index in [1.165, 1.54) is 45.2 Å². The highest BCUT2D eigenvalue weighted by Gasteiger charge is 2.47. The molecule has 0 bridgehead atoms. The van der Waals surface area contributed by atoms with Crippen LogP contribution in [-0.4, -0.2) is 111 Å². The molecule has 9 rings (SSSR count). The van der Waals surface area contributed by atoms with Crippen molar-refractivity contribution in [3.8, 4) is 11.4 Å². The van der Waals surface area contributed by atoms with Gasteiger partial charge in [0.05, 0.1) is 54.6 Å². The molecule has 0 radical (unpaired) electrons. The summed E-state index contributed by atoms with van der Waals surface area (Å²) >= 11 is 0. The first-order valence-electron chi connectivity index (χ1n) is 25.9. The van der Waals surface area contributed by atoms with E-state index in [-0.39, 0.29) is 37.7 Å². The number of aliphatic hydroxyl groups excluding tert-OH is 2. The number of nitrogens with zero attached hydrogens (tertiary/aromatic N) is 5. The minimum atomic E-state index is -1.03. The zero-order chi connectivity index (χ0) is 54.6. The monoisotopic (exact) mass is 1070 g/mol. The summed E-state index contributed by atoms with van der Waals surface area (Å²) in [7, 11) is 1.53. The van der Waals surface area contributed by atoms with Crippen molar-refractivity contribution in [3.05, 3.63) is 167 Å². The third-order valence-electron chi connectivity index (χ3n) is 14.7. The van der Waals surface area contributed by atoms with Crippen LogP contribution in [0.4, 0.5) is 17.6 Å². The van der Waals surface area contributed by atoms with Crippen LogP contribution in [0.25, 0.3) is 11.4 Å². The minimum absolute atomic E-state index is 0.0730. The lowest BCUT2D eigenvalue weighted by atomic mass is 9.74. The van der Waals surface area contributed by atoms with Crippen LogP contribution in [0.2, 0.25) is 0 Å². The fourth-order valence-electron chi connectivity index (χ4n) is 10.8. The Morgan fingerprint density at radius 2 is 1.06 bits per heavy atom. The summed E-state index contributed by atoms with van der Waals surface area (Å²) in [5, 5.41) is 47.9. The maximum absolute atomic E-state index is 13.8. The highest BCUT2D eigenvalue weighted by atomic mass is 19.1. The zero-order valence-electron chi connectivity index (χ0n) is 43.4. The molecule has 6 aromatic rings. The first kappa shape index (κ1) is 56.4. The predicted molar refractivity (Wildman–Crippen MR) is 280 cm³/mol. The minimum Gasteiger partial charge on any atom is -0.399 e. The second-order valence-electron chi connectivity index (χ2n) is 20.1. The molecule has 2 amide bonds. The number of aliphatic hydroxyl groups is 2. The molecule has 20 heteroatoms. The van der Waals surface area contributed by atoms with Crippen LogP contribution in [-0.2, 0) is 47.8 Å². The molecule has 410 valence electrons. The number of halogens is 4. The molecule has 0 unspecified atom stereocenters. The molecule has 6 N–H and O–H groups in total. The highest BCUT2D eigenvalue weighted by Crippen LogP contribution is 2.45. The van der Waals surface area contributed by atoms with Gasteiger partial charge in [-0.3, -0.25) is 9.59 Å². The number of hydrogen-bond donors (Lipinski definition) is 6. The number of aromatic nitrogens is 4. The van der Waals surface area contributed by atoms with Crippen molar-refractivity contribution in [2.45, 2.75) is 119 Å². The maximum Gasteiger partial charge on any atom is 0.217 e. The van der Waals surface area contributed by atoms with Gasteiger partial charge in [0.1, 0.15) is 30.4 Å². The lowest BCUT2D eigenvalue weighted by molar-refractivity contribution is -0.187. The fourth-order valence-corrected chi connectivity index (χ4v) is 10.8.